The molecule has 2 aromatic rings. The van der Waals surface area contributed by atoms with E-state index in [2.05, 4.69) is 10.6 Å². The summed E-state index contributed by atoms with van der Waals surface area (Å²) in [7, 11) is 0. The predicted molar refractivity (Wildman–Crippen MR) is 120 cm³/mol. The zero-order valence-corrected chi connectivity index (χ0v) is 18.4. The first kappa shape index (κ1) is 22.0. The summed E-state index contributed by atoms with van der Waals surface area (Å²) in [5.74, 6) is 0.260. The van der Waals surface area contributed by atoms with Crippen LogP contribution in [0.15, 0.2) is 53.4 Å². The molecule has 1 fully saturated rings. The Morgan fingerprint density at radius 1 is 1.06 bits per heavy atom. The van der Waals surface area contributed by atoms with Crippen LogP contribution in [0.5, 0.6) is 5.75 Å². The van der Waals surface area contributed by atoms with Gasteiger partial charge in [-0.3, -0.25) is 9.59 Å². The van der Waals surface area contributed by atoms with Crippen molar-refractivity contribution < 1.29 is 18.7 Å². The number of halogens is 2. The molecule has 1 aliphatic carbocycles. The fourth-order valence-electron chi connectivity index (χ4n) is 3.80. The molecule has 1 heterocycles. The number of rotatable bonds is 7. The topological polar surface area (TPSA) is 67.4 Å². The smallest absolute Gasteiger partial charge is 0.251 e. The molecule has 4 rings (SSSR count). The van der Waals surface area contributed by atoms with E-state index in [4.69, 9.17) is 16.3 Å². The van der Waals surface area contributed by atoms with Gasteiger partial charge in [0.1, 0.15) is 23.3 Å². The van der Waals surface area contributed by atoms with Crippen LogP contribution in [0.4, 0.5) is 4.39 Å². The molecule has 2 amide bonds. The molecular formula is C23H24ClFN2O3S. The highest BCUT2D eigenvalue weighted by atomic mass is 35.5. The highest BCUT2D eigenvalue weighted by molar-refractivity contribution is 8.01. The van der Waals surface area contributed by atoms with Gasteiger partial charge in [-0.05, 0) is 48.7 Å². The van der Waals surface area contributed by atoms with Crippen LogP contribution < -0.4 is 15.4 Å². The molecule has 2 aliphatic rings. The van der Waals surface area contributed by atoms with Crippen LogP contribution in [0.1, 0.15) is 40.6 Å². The Morgan fingerprint density at radius 2 is 1.81 bits per heavy atom. The van der Waals surface area contributed by atoms with E-state index >= 15 is 0 Å². The molecule has 5 nitrogen and oxygen atoms in total. The van der Waals surface area contributed by atoms with Gasteiger partial charge in [-0.25, -0.2) is 4.39 Å². The number of nitrogens with one attached hydrogen (secondary N) is 2. The first-order chi connectivity index (χ1) is 15.0. The third-order valence-corrected chi connectivity index (χ3v) is 7.45. The van der Waals surface area contributed by atoms with Crippen LogP contribution >= 0.6 is 23.4 Å². The van der Waals surface area contributed by atoms with Gasteiger partial charge < -0.3 is 15.4 Å². The van der Waals surface area contributed by atoms with Gasteiger partial charge in [-0.1, -0.05) is 18.2 Å². The number of fused-ring (bicyclic) bond motifs is 1. The minimum absolute atomic E-state index is 0.100. The van der Waals surface area contributed by atoms with E-state index in [-0.39, 0.29) is 28.5 Å². The van der Waals surface area contributed by atoms with Crippen molar-refractivity contribution in [2.75, 3.05) is 13.1 Å². The molecule has 0 bridgehead atoms. The SMILES string of the molecule is O=C(NCCNC(=O)C1Sc2ccccc2C1Cl)c1ccc(O[C@@H]2CC[C@@H](F)C2)cc1. The average molecular weight is 463 g/mol. The summed E-state index contributed by atoms with van der Waals surface area (Å²) in [5, 5.41) is 4.88. The van der Waals surface area contributed by atoms with Crippen molar-refractivity contribution in [2.45, 2.75) is 47.1 Å². The molecule has 0 saturated heterocycles. The second kappa shape index (κ2) is 9.92. The summed E-state index contributed by atoms with van der Waals surface area (Å²) in [6.45, 7) is 0.620. The molecule has 2 unspecified atom stereocenters. The number of thioether (sulfide) groups is 1. The molecule has 2 aromatic carbocycles. The third-order valence-electron chi connectivity index (χ3n) is 5.44. The quantitative estimate of drug-likeness (QED) is 0.476. The van der Waals surface area contributed by atoms with Crippen LogP contribution in [0.25, 0.3) is 0 Å². The van der Waals surface area contributed by atoms with E-state index in [1.807, 2.05) is 24.3 Å². The Hall–Kier alpha value is -2.25. The van der Waals surface area contributed by atoms with Gasteiger partial charge in [0.2, 0.25) is 5.91 Å². The van der Waals surface area contributed by atoms with Crippen molar-refractivity contribution in [3.05, 3.63) is 59.7 Å². The zero-order valence-electron chi connectivity index (χ0n) is 16.9. The van der Waals surface area contributed by atoms with Gasteiger partial charge >= 0.3 is 0 Å². The standard InChI is InChI=1S/C23H24ClFN2O3S/c24-20-18-3-1-2-4-19(18)31-21(20)23(29)27-12-11-26-22(28)14-5-8-16(9-6-14)30-17-10-7-15(25)13-17/h1-6,8-9,15,17,20-21H,7,10-13H2,(H,26,28)(H,27,29)/t15-,17-,20?,21?/m1/s1. The molecule has 1 saturated carbocycles. The minimum Gasteiger partial charge on any atom is -0.490 e. The summed E-state index contributed by atoms with van der Waals surface area (Å²) in [5.41, 5.74) is 1.48. The lowest BCUT2D eigenvalue weighted by molar-refractivity contribution is -0.120. The van der Waals surface area contributed by atoms with E-state index in [1.165, 1.54) is 11.8 Å². The highest BCUT2D eigenvalue weighted by Gasteiger charge is 2.36. The first-order valence-corrected chi connectivity index (χ1v) is 11.7. The maximum atomic E-state index is 13.2. The van der Waals surface area contributed by atoms with Crippen molar-refractivity contribution >= 4 is 35.2 Å². The molecule has 8 heteroatoms. The number of hydrogen-bond donors (Lipinski definition) is 2. The molecule has 0 spiro atoms. The van der Waals surface area contributed by atoms with Crippen LogP contribution in [0.3, 0.4) is 0 Å². The number of benzene rings is 2. The maximum absolute atomic E-state index is 13.2. The lowest BCUT2D eigenvalue weighted by Gasteiger charge is -2.14. The Morgan fingerprint density at radius 3 is 2.52 bits per heavy atom. The first-order valence-electron chi connectivity index (χ1n) is 10.4. The number of alkyl halides is 2. The fraction of sp³-hybridized carbons (Fsp3) is 0.391. The molecule has 164 valence electrons. The van der Waals surface area contributed by atoms with Gasteiger partial charge in [0, 0.05) is 30.0 Å². The van der Waals surface area contributed by atoms with Gasteiger partial charge in [0.15, 0.2) is 0 Å². The summed E-state index contributed by atoms with van der Waals surface area (Å²) in [4.78, 5) is 25.8. The van der Waals surface area contributed by atoms with Crippen molar-refractivity contribution in [3.63, 3.8) is 0 Å². The number of ether oxygens (including phenoxy) is 1. The van der Waals surface area contributed by atoms with E-state index < -0.39 is 6.17 Å². The zero-order chi connectivity index (χ0) is 21.8. The second-order valence-electron chi connectivity index (χ2n) is 7.70. The molecule has 0 radical (unpaired) electrons. The largest absolute Gasteiger partial charge is 0.490 e. The van der Waals surface area contributed by atoms with Gasteiger partial charge in [-0.15, -0.1) is 23.4 Å². The fourth-order valence-corrected chi connectivity index (χ4v) is 5.54. The Labute approximate surface area is 190 Å². The minimum atomic E-state index is -0.784. The Kier molecular flexibility index (Phi) is 7.02. The number of hydrogen-bond acceptors (Lipinski definition) is 4. The maximum Gasteiger partial charge on any atom is 0.251 e. The van der Waals surface area contributed by atoms with E-state index in [0.29, 0.717) is 43.7 Å². The monoisotopic (exact) mass is 462 g/mol. The van der Waals surface area contributed by atoms with Gasteiger partial charge in [-0.2, -0.15) is 0 Å². The Bertz CT molecular complexity index is 943. The molecule has 2 N–H and O–H groups in total. The lowest BCUT2D eigenvalue weighted by atomic mass is 10.1. The van der Waals surface area contributed by atoms with E-state index in [9.17, 15) is 14.0 Å². The van der Waals surface area contributed by atoms with Crippen LogP contribution in [0, 0.1) is 0 Å². The molecular weight excluding hydrogens is 439 g/mol. The Balaban J connectivity index is 1.19. The predicted octanol–water partition coefficient (Wildman–Crippen LogP) is 4.26. The average Bonchev–Trinajstić information content (AvgIpc) is 3.34. The summed E-state index contributed by atoms with van der Waals surface area (Å²) < 4.78 is 19.0. The summed E-state index contributed by atoms with van der Waals surface area (Å²) >= 11 is 7.90. The molecule has 4 atom stereocenters. The van der Waals surface area contributed by atoms with Crippen molar-refractivity contribution in [2.24, 2.45) is 0 Å². The second-order valence-corrected chi connectivity index (χ2v) is 9.35. The summed E-state index contributed by atoms with van der Waals surface area (Å²) in [6, 6.07) is 14.5. The number of carbonyl (C=O) groups is 2. The van der Waals surface area contributed by atoms with Crippen LogP contribution in [-0.4, -0.2) is 42.4 Å². The molecule has 0 aromatic heterocycles. The van der Waals surface area contributed by atoms with Gasteiger partial charge in [0.25, 0.3) is 5.91 Å². The van der Waals surface area contributed by atoms with Gasteiger partial charge in [0.05, 0.1) is 5.38 Å². The number of amides is 2. The van der Waals surface area contributed by atoms with E-state index in [0.717, 1.165) is 10.5 Å². The van der Waals surface area contributed by atoms with Crippen molar-refractivity contribution in [3.8, 4) is 5.75 Å². The lowest BCUT2D eigenvalue weighted by Crippen LogP contribution is -2.39. The van der Waals surface area contributed by atoms with Crippen LogP contribution in [-0.2, 0) is 4.79 Å². The van der Waals surface area contributed by atoms with Crippen LogP contribution in [0.2, 0.25) is 0 Å². The highest BCUT2D eigenvalue weighted by Crippen LogP contribution is 2.47. The number of carbonyl (C=O) groups excluding carboxylic acids is 2. The normalized spacial score (nSPS) is 24.5. The van der Waals surface area contributed by atoms with Crippen molar-refractivity contribution in [1.29, 1.82) is 0 Å². The van der Waals surface area contributed by atoms with Crippen molar-refractivity contribution in [1.82, 2.24) is 10.6 Å². The summed E-state index contributed by atoms with van der Waals surface area (Å²) in [6.07, 6.45) is 0.791. The van der Waals surface area contributed by atoms with E-state index in [1.54, 1.807) is 24.3 Å². The third kappa shape index (κ3) is 5.33. The molecule has 1 aliphatic heterocycles. The molecule has 31 heavy (non-hydrogen) atoms.